The molecule has 0 rings (SSSR count). The van der Waals surface area contributed by atoms with Crippen molar-refractivity contribution in [3.8, 4) is 0 Å². The van der Waals surface area contributed by atoms with Crippen molar-refractivity contribution in [1.82, 2.24) is 0 Å². The van der Waals surface area contributed by atoms with Gasteiger partial charge in [0.15, 0.2) is 0 Å². The molecule has 0 atom stereocenters. The van der Waals surface area contributed by atoms with Crippen molar-refractivity contribution in [3.63, 3.8) is 0 Å². The second-order valence-electron chi connectivity index (χ2n) is 0.600. The first-order valence-electron chi connectivity index (χ1n) is 0.894. The summed E-state index contributed by atoms with van der Waals surface area (Å²) in [6.07, 6.45) is 0. The van der Waals surface area contributed by atoms with Crippen molar-refractivity contribution in [3.05, 3.63) is 0 Å². The van der Waals surface area contributed by atoms with Gasteiger partial charge in [0.1, 0.15) is 0 Å². The van der Waals surface area contributed by atoms with Crippen molar-refractivity contribution in [2.75, 3.05) is 0 Å². The van der Waals surface area contributed by atoms with E-state index in [0.717, 1.165) is 0 Å². The number of rotatable bonds is 0. The van der Waals surface area contributed by atoms with Gasteiger partial charge < -0.3 is 24.9 Å². The molecule has 0 radical (unpaired) electrons. The molecular formula is H9CaClMgO4Si. The number of hydrogen-bond donors (Lipinski definition) is 4. The first kappa shape index (κ1) is 22.4. The predicted octanol–water partition coefficient (Wildman–Crippen LogP) is -2.50. The largest absolute Gasteiger partial charge is 2.00 e. The van der Waals surface area contributed by atoms with Crippen LogP contribution in [0.3, 0.4) is 0 Å². The van der Waals surface area contributed by atoms with Crippen LogP contribution < -0.4 is 0 Å². The maximum atomic E-state index is 7.33. The van der Waals surface area contributed by atoms with Crippen LogP contribution in [0, 0.1) is 0 Å². The quantitative estimate of drug-likeness (QED) is 0.326. The molecule has 48 valence electrons. The van der Waals surface area contributed by atoms with Gasteiger partial charge in [-0.1, -0.05) is 0 Å². The summed E-state index contributed by atoms with van der Waals surface area (Å²) in [4.78, 5) is 29.3. The van der Waals surface area contributed by atoms with E-state index in [1.54, 1.807) is 0 Å². The molecule has 0 aliphatic heterocycles. The van der Waals surface area contributed by atoms with Crippen molar-refractivity contribution >= 4 is 82.2 Å². The standard InChI is InChI=1S/Ca.ClH.Mg.H4O4Si.4H/c;;;1-5(2,3)4;;;;/h;1H;;1-4H;;;;/q+2;;+2;;4*-1. The van der Waals surface area contributed by atoms with E-state index in [9.17, 15) is 0 Å². The Morgan fingerprint density at radius 2 is 1.00 bits per heavy atom. The Bertz CT molecular complexity index is 42.5. The Morgan fingerprint density at radius 1 is 1.00 bits per heavy atom. The first-order chi connectivity index (χ1) is 2.00. The molecule has 0 fully saturated rings. The van der Waals surface area contributed by atoms with Gasteiger partial charge in [-0.3, -0.25) is 0 Å². The third kappa shape index (κ3) is 80.8. The van der Waals surface area contributed by atoms with E-state index >= 15 is 0 Å². The summed E-state index contributed by atoms with van der Waals surface area (Å²) in [5.41, 5.74) is 0. The molecule has 4 nitrogen and oxygen atoms in total. The van der Waals surface area contributed by atoms with E-state index in [4.69, 9.17) is 19.2 Å². The van der Waals surface area contributed by atoms with Gasteiger partial charge in [0.05, 0.1) is 0 Å². The summed E-state index contributed by atoms with van der Waals surface area (Å²) in [6, 6.07) is 0. The van der Waals surface area contributed by atoms with E-state index in [-0.39, 0.29) is 78.9 Å². The number of halogens is 1. The first-order valence-corrected chi connectivity index (χ1v) is 2.68. The summed E-state index contributed by atoms with van der Waals surface area (Å²) in [5.74, 6) is 0. The average Bonchev–Trinajstić information content (AvgIpc) is 0.722. The van der Waals surface area contributed by atoms with Gasteiger partial charge in [0.25, 0.3) is 0 Å². The van der Waals surface area contributed by atoms with Crippen LogP contribution in [0.4, 0.5) is 0 Å². The minimum absolute atomic E-state index is 0. The fourth-order valence-electron chi connectivity index (χ4n) is 0. The molecule has 0 spiro atoms. The van der Waals surface area contributed by atoms with Crippen LogP contribution in [0.25, 0.3) is 0 Å². The van der Waals surface area contributed by atoms with Gasteiger partial charge >= 0.3 is 69.8 Å². The summed E-state index contributed by atoms with van der Waals surface area (Å²) < 4.78 is 0. The maximum Gasteiger partial charge on any atom is 2.00 e. The molecule has 0 saturated carbocycles. The van der Waals surface area contributed by atoms with E-state index in [1.807, 2.05) is 0 Å². The van der Waals surface area contributed by atoms with Crippen molar-refractivity contribution in [2.24, 2.45) is 0 Å². The Balaban J connectivity index is -0.00000000381. The third-order valence-electron chi connectivity index (χ3n) is 0. The molecule has 0 aromatic heterocycles. The van der Waals surface area contributed by atoms with E-state index in [0.29, 0.717) is 0 Å². The normalized spacial score (nSPS) is 7.50. The minimum atomic E-state index is -4.61. The Hall–Kier alpha value is 2.37. The average molecular weight is 201 g/mol. The molecule has 0 amide bonds. The topological polar surface area (TPSA) is 80.9 Å². The van der Waals surface area contributed by atoms with Crippen molar-refractivity contribution < 1.29 is 24.9 Å². The van der Waals surface area contributed by atoms with E-state index in [1.165, 1.54) is 0 Å². The fraction of sp³-hybridized carbons (Fsp3) is 0. The summed E-state index contributed by atoms with van der Waals surface area (Å²) >= 11 is 0. The molecule has 0 saturated heterocycles. The summed E-state index contributed by atoms with van der Waals surface area (Å²) in [6.45, 7) is 0. The van der Waals surface area contributed by atoms with Gasteiger partial charge in [-0.05, 0) is 0 Å². The molecule has 4 N–H and O–H groups in total. The Kier molecular flexibility index (Phi) is 26.3. The summed E-state index contributed by atoms with van der Waals surface area (Å²) in [5, 5.41) is 0. The molecule has 0 aromatic carbocycles. The van der Waals surface area contributed by atoms with Crippen LogP contribution in [0.1, 0.15) is 5.71 Å². The van der Waals surface area contributed by atoms with Crippen LogP contribution in [-0.2, 0) is 0 Å². The van der Waals surface area contributed by atoms with E-state index in [2.05, 4.69) is 0 Å². The van der Waals surface area contributed by atoms with Crippen LogP contribution in [0.2, 0.25) is 0 Å². The van der Waals surface area contributed by atoms with Crippen LogP contribution >= 0.6 is 12.4 Å². The zero-order valence-electron chi connectivity index (χ0n) is 8.11. The second kappa shape index (κ2) is 9.37. The Labute approximate surface area is 106 Å². The minimum Gasteiger partial charge on any atom is -1.00 e. The monoisotopic (exact) mass is 200 g/mol. The van der Waals surface area contributed by atoms with Gasteiger partial charge in [-0.15, -0.1) is 12.4 Å². The van der Waals surface area contributed by atoms with E-state index < -0.39 is 9.05 Å². The molecule has 8 heteroatoms. The molecule has 0 bridgehead atoms. The van der Waals surface area contributed by atoms with Crippen LogP contribution in [0.15, 0.2) is 0 Å². The number of hydrogen-bond acceptors (Lipinski definition) is 4. The molecule has 0 heterocycles. The van der Waals surface area contributed by atoms with Gasteiger partial charge in [-0.2, -0.15) is 0 Å². The van der Waals surface area contributed by atoms with Crippen molar-refractivity contribution in [2.45, 2.75) is 0 Å². The molecule has 0 aromatic rings. The zero-order chi connectivity index (χ0) is 4.50. The van der Waals surface area contributed by atoms with Gasteiger partial charge in [-0.25, -0.2) is 0 Å². The third-order valence-corrected chi connectivity index (χ3v) is 0. The van der Waals surface area contributed by atoms with Crippen LogP contribution in [-0.4, -0.2) is 89.0 Å². The van der Waals surface area contributed by atoms with Crippen LogP contribution in [0.5, 0.6) is 0 Å². The zero-order valence-corrected chi connectivity index (χ0v) is 9.55. The van der Waals surface area contributed by atoms with Gasteiger partial charge in [0.2, 0.25) is 0 Å². The SMILES string of the molecule is Cl.O[Si](O)(O)O.[Ca+2].[H-].[H-].[H-].[H-].[Mg+2]. The van der Waals surface area contributed by atoms with Crippen molar-refractivity contribution in [1.29, 1.82) is 0 Å². The molecular weight excluding hydrogens is 192 g/mol. The molecule has 0 unspecified atom stereocenters. The fourth-order valence-corrected chi connectivity index (χ4v) is 0. The summed E-state index contributed by atoms with van der Waals surface area (Å²) in [7, 11) is -4.61. The second-order valence-corrected chi connectivity index (χ2v) is 1.80. The van der Waals surface area contributed by atoms with Gasteiger partial charge in [0, 0.05) is 0 Å². The Morgan fingerprint density at radius 3 is 1.00 bits per heavy atom. The maximum absolute atomic E-state index is 7.33. The molecule has 0 aliphatic rings. The predicted molar refractivity (Wildman–Crippen MR) is 37.8 cm³/mol. The molecule has 0 aliphatic carbocycles. The molecule has 8 heavy (non-hydrogen) atoms. The smallest absolute Gasteiger partial charge is 1.00 e.